The molecule has 6 nitrogen and oxygen atoms in total. The summed E-state index contributed by atoms with van der Waals surface area (Å²) in [5.74, 6) is -0.197. The Hall–Kier alpha value is -1.30. The number of nitrogens with zero attached hydrogens (tertiary/aromatic N) is 1. The maximum absolute atomic E-state index is 11.9. The lowest BCUT2D eigenvalue weighted by Gasteiger charge is -2.24. The Morgan fingerprint density at radius 1 is 1.44 bits per heavy atom. The highest BCUT2D eigenvalue weighted by Crippen LogP contribution is 2.13. The number of β-amino-alcohol motifs (C(OH)–C–C–N with tert-alkyl or cyclic N) is 1. The summed E-state index contributed by atoms with van der Waals surface area (Å²) < 4.78 is 5.11. The zero-order valence-corrected chi connectivity index (χ0v) is 11.4. The largest absolute Gasteiger partial charge is 0.444 e. The molecule has 6 heteroatoms. The van der Waals surface area contributed by atoms with Crippen molar-refractivity contribution in [3.05, 3.63) is 0 Å². The van der Waals surface area contributed by atoms with Crippen molar-refractivity contribution in [3.8, 4) is 0 Å². The van der Waals surface area contributed by atoms with Crippen LogP contribution in [0.4, 0.5) is 4.79 Å². The zero-order chi connectivity index (χ0) is 13.9. The minimum Gasteiger partial charge on any atom is -0.444 e. The maximum atomic E-state index is 11.9. The van der Waals surface area contributed by atoms with Crippen LogP contribution in [0.2, 0.25) is 0 Å². The number of aliphatic hydroxyl groups is 1. The van der Waals surface area contributed by atoms with E-state index in [-0.39, 0.29) is 5.91 Å². The predicted octanol–water partition coefficient (Wildman–Crippen LogP) is 0.493. The van der Waals surface area contributed by atoms with E-state index >= 15 is 0 Å². The molecule has 0 bridgehead atoms. The van der Waals surface area contributed by atoms with E-state index in [1.807, 2.05) is 0 Å². The van der Waals surface area contributed by atoms with Crippen LogP contribution in [-0.2, 0) is 9.53 Å². The van der Waals surface area contributed by atoms with Gasteiger partial charge in [0.1, 0.15) is 11.6 Å². The summed E-state index contributed by atoms with van der Waals surface area (Å²) in [6, 6.07) is -0.623. The number of hydrogen-bond acceptors (Lipinski definition) is 4. The van der Waals surface area contributed by atoms with Crippen molar-refractivity contribution in [2.24, 2.45) is 0 Å². The average molecular weight is 258 g/mol. The normalized spacial score (nSPS) is 25.6. The van der Waals surface area contributed by atoms with Crippen molar-refractivity contribution in [2.75, 3.05) is 13.6 Å². The Balaban J connectivity index is 2.59. The molecule has 0 aromatic rings. The highest BCUT2D eigenvalue weighted by atomic mass is 16.6. The molecule has 1 aliphatic heterocycles. The summed E-state index contributed by atoms with van der Waals surface area (Å²) >= 11 is 0. The molecule has 1 saturated heterocycles. The van der Waals surface area contributed by atoms with Crippen LogP contribution >= 0.6 is 0 Å². The van der Waals surface area contributed by atoms with Crippen molar-refractivity contribution in [2.45, 2.75) is 51.4 Å². The zero-order valence-electron chi connectivity index (χ0n) is 11.4. The molecule has 1 fully saturated rings. The molecule has 2 unspecified atom stereocenters. The average Bonchev–Trinajstić information content (AvgIpc) is 2.29. The number of alkyl carbamates (subject to hydrolysis) is 1. The lowest BCUT2D eigenvalue weighted by atomic mass is 10.1. The summed E-state index contributed by atoms with van der Waals surface area (Å²) in [5, 5.41) is 12.1. The molecule has 0 aromatic carbocycles. The van der Waals surface area contributed by atoms with Crippen LogP contribution in [0.1, 0.15) is 33.6 Å². The lowest BCUT2D eigenvalue weighted by molar-refractivity contribution is -0.132. The molecule has 0 aromatic heterocycles. The number of aliphatic hydroxyl groups excluding tert-OH is 1. The third-order valence-electron chi connectivity index (χ3n) is 2.64. The second-order valence-corrected chi connectivity index (χ2v) is 5.65. The molecular formula is C12H22N2O4. The van der Waals surface area contributed by atoms with Gasteiger partial charge in [0, 0.05) is 13.6 Å². The molecule has 0 aliphatic carbocycles. The first-order chi connectivity index (χ1) is 8.19. The van der Waals surface area contributed by atoms with E-state index in [2.05, 4.69) is 5.32 Å². The fourth-order valence-electron chi connectivity index (χ4n) is 1.83. The van der Waals surface area contributed by atoms with Crippen LogP contribution in [0.5, 0.6) is 0 Å². The molecule has 1 aliphatic rings. The second-order valence-electron chi connectivity index (χ2n) is 5.65. The van der Waals surface area contributed by atoms with Gasteiger partial charge in [0.2, 0.25) is 5.91 Å². The molecule has 2 amide bonds. The number of hydrogen-bond donors (Lipinski definition) is 2. The van der Waals surface area contributed by atoms with Gasteiger partial charge >= 0.3 is 6.09 Å². The van der Waals surface area contributed by atoms with Gasteiger partial charge in [-0.2, -0.15) is 0 Å². The summed E-state index contributed by atoms with van der Waals surface area (Å²) in [5.41, 5.74) is -0.594. The molecule has 0 radical (unpaired) electrons. The molecule has 1 heterocycles. The number of carbonyl (C=O) groups excluding carboxylic acids is 2. The highest BCUT2D eigenvalue weighted by molar-refractivity contribution is 5.85. The van der Waals surface area contributed by atoms with Gasteiger partial charge in [-0.05, 0) is 33.6 Å². The van der Waals surface area contributed by atoms with Gasteiger partial charge in [0.25, 0.3) is 0 Å². The van der Waals surface area contributed by atoms with Crippen molar-refractivity contribution >= 4 is 12.0 Å². The Morgan fingerprint density at radius 2 is 2.06 bits per heavy atom. The number of nitrogens with one attached hydrogen (secondary N) is 1. The summed E-state index contributed by atoms with van der Waals surface area (Å²) in [6.07, 6.45) is -0.241. The fourth-order valence-corrected chi connectivity index (χ4v) is 1.83. The van der Waals surface area contributed by atoms with Gasteiger partial charge in [0.05, 0.1) is 6.10 Å². The maximum Gasteiger partial charge on any atom is 0.408 e. The number of likely N-dealkylation sites (N-methyl/N-ethyl adjacent to an activating group) is 1. The third kappa shape index (κ3) is 4.52. The monoisotopic (exact) mass is 258 g/mol. The van der Waals surface area contributed by atoms with E-state index in [1.165, 1.54) is 4.90 Å². The lowest BCUT2D eigenvalue weighted by Crippen LogP contribution is -2.47. The molecule has 2 atom stereocenters. The van der Waals surface area contributed by atoms with E-state index in [4.69, 9.17) is 4.74 Å². The topological polar surface area (TPSA) is 78.9 Å². The van der Waals surface area contributed by atoms with Crippen molar-refractivity contribution in [1.29, 1.82) is 0 Å². The summed E-state index contributed by atoms with van der Waals surface area (Å²) in [7, 11) is 1.61. The van der Waals surface area contributed by atoms with Crippen LogP contribution in [-0.4, -0.2) is 53.3 Å². The Kier molecular flexibility index (Phi) is 4.56. The minimum atomic E-state index is -0.623. The van der Waals surface area contributed by atoms with E-state index < -0.39 is 23.8 Å². The molecule has 0 saturated carbocycles. The first-order valence-electron chi connectivity index (χ1n) is 6.11. The van der Waals surface area contributed by atoms with E-state index in [0.717, 1.165) is 0 Å². The highest BCUT2D eigenvalue weighted by Gasteiger charge is 2.30. The standard InChI is InChI=1S/C12H22N2O4/c1-12(2,3)18-11(17)13-9-6-5-8(15)7-14(4)10(9)16/h8-9,15H,5-7H2,1-4H3,(H,13,17). The molecule has 18 heavy (non-hydrogen) atoms. The Labute approximate surface area is 107 Å². The van der Waals surface area contributed by atoms with Crippen LogP contribution in [0.15, 0.2) is 0 Å². The van der Waals surface area contributed by atoms with Crippen molar-refractivity contribution in [1.82, 2.24) is 10.2 Å². The number of rotatable bonds is 1. The molecule has 104 valence electrons. The van der Waals surface area contributed by atoms with Gasteiger partial charge < -0.3 is 20.1 Å². The van der Waals surface area contributed by atoms with Crippen molar-refractivity contribution < 1.29 is 19.4 Å². The van der Waals surface area contributed by atoms with E-state index in [9.17, 15) is 14.7 Å². The molecule has 1 rings (SSSR count). The predicted molar refractivity (Wildman–Crippen MR) is 66.0 cm³/mol. The first kappa shape index (κ1) is 14.8. The van der Waals surface area contributed by atoms with Gasteiger partial charge in [0.15, 0.2) is 0 Å². The van der Waals surface area contributed by atoms with Crippen molar-refractivity contribution in [3.63, 3.8) is 0 Å². The Morgan fingerprint density at radius 3 is 2.61 bits per heavy atom. The number of likely N-dealkylation sites (tertiary alicyclic amines) is 1. The van der Waals surface area contributed by atoms with E-state index in [1.54, 1.807) is 27.8 Å². The molecular weight excluding hydrogens is 236 g/mol. The quantitative estimate of drug-likeness (QED) is 0.717. The van der Waals surface area contributed by atoms with Gasteiger partial charge in [-0.1, -0.05) is 0 Å². The van der Waals surface area contributed by atoms with Crippen LogP contribution in [0, 0.1) is 0 Å². The van der Waals surface area contributed by atoms with Crippen LogP contribution < -0.4 is 5.32 Å². The van der Waals surface area contributed by atoms with Crippen LogP contribution in [0.3, 0.4) is 0 Å². The van der Waals surface area contributed by atoms with E-state index in [0.29, 0.717) is 19.4 Å². The van der Waals surface area contributed by atoms with Gasteiger partial charge in [-0.15, -0.1) is 0 Å². The van der Waals surface area contributed by atoms with Gasteiger partial charge in [-0.3, -0.25) is 4.79 Å². The number of carbonyl (C=O) groups is 2. The SMILES string of the molecule is CN1CC(O)CCC(NC(=O)OC(C)(C)C)C1=O. The minimum absolute atomic E-state index is 0.197. The summed E-state index contributed by atoms with van der Waals surface area (Å²) in [6.45, 7) is 5.58. The summed E-state index contributed by atoms with van der Waals surface area (Å²) in [4.78, 5) is 25.0. The molecule has 0 spiro atoms. The first-order valence-corrected chi connectivity index (χ1v) is 6.11. The number of ether oxygens (including phenoxy) is 1. The smallest absolute Gasteiger partial charge is 0.408 e. The van der Waals surface area contributed by atoms with Crippen LogP contribution in [0.25, 0.3) is 0 Å². The second kappa shape index (κ2) is 5.56. The Bertz CT molecular complexity index is 325. The van der Waals surface area contributed by atoms with Gasteiger partial charge in [-0.25, -0.2) is 4.79 Å². The number of amides is 2. The molecule has 2 N–H and O–H groups in total. The fraction of sp³-hybridized carbons (Fsp3) is 0.833. The third-order valence-corrected chi connectivity index (χ3v) is 2.64.